The standard InChI is InChI=1S/C18H13N5O7S2/c24-16-14(32(26,27)28)9-11-8-12(31-30-29-25)6-7-13(11)15(16)20-22-18-19-17(21-23-18)10-4-2-1-3-5-10/h1-9,24-25H,(H,19,21,23)(H,26,27,28). The number of nitrogens with zero attached hydrogens (tertiary/aromatic N) is 4. The molecular formula is C18H13N5O7S2. The van der Waals surface area contributed by atoms with Crippen LogP contribution in [-0.4, -0.2) is 38.5 Å². The molecule has 0 aliphatic carbocycles. The van der Waals surface area contributed by atoms with Gasteiger partial charge in [0, 0.05) is 15.8 Å². The molecule has 32 heavy (non-hydrogen) atoms. The highest BCUT2D eigenvalue weighted by molar-refractivity contribution is 7.94. The summed E-state index contributed by atoms with van der Waals surface area (Å²) in [4.78, 5) is 3.85. The maximum absolute atomic E-state index is 11.8. The summed E-state index contributed by atoms with van der Waals surface area (Å²) < 4.78 is 37.4. The Hall–Kier alpha value is -3.40. The Bertz CT molecular complexity index is 1410. The fraction of sp³-hybridized carbons (Fsp3) is 0. The summed E-state index contributed by atoms with van der Waals surface area (Å²) >= 11 is 0.645. The van der Waals surface area contributed by atoms with Crippen LogP contribution in [0.1, 0.15) is 0 Å². The Balaban J connectivity index is 1.78. The highest BCUT2D eigenvalue weighted by Gasteiger charge is 2.22. The second-order valence-electron chi connectivity index (χ2n) is 6.21. The van der Waals surface area contributed by atoms with E-state index in [0.717, 1.165) is 11.6 Å². The number of rotatable bonds is 7. The zero-order chi connectivity index (χ0) is 22.7. The molecule has 4 aromatic rings. The Labute approximate surface area is 184 Å². The smallest absolute Gasteiger partial charge is 0.298 e. The van der Waals surface area contributed by atoms with Crippen molar-refractivity contribution in [3.8, 4) is 17.1 Å². The van der Waals surface area contributed by atoms with Crippen molar-refractivity contribution in [1.82, 2.24) is 15.2 Å². The molecule has 1 aromatic heterocycles. The van der Waals surface area contributed by atoms with Gasteiger partial charge in [0.2, 0.25) is 0 Å². The Morgan fingerprint density at radius 2 is 1.84 bits per heavy atom. The lowest BCUT2D eigenvalue weighted by molar-refractivity contribution is -0.432. The van der Waals surface area contributed by atoms with Crippen LogP contribution in [0.5, 0.6) is 5.75 Å². The van der Waals surface area contributed by atoms with Gasteiger partial charge < -0.3 is 5.11 Å². The first-order valence-electron chi connectivity index (χ1n) is 8.68. The first kappa shape index (κ1) is 21.8. The number of aromatic amines is 1. The Morgan fingerprint density at radius 3 is 2.56 bits per heavy atom. The first-order chi connectivity index (χ1) is 15.4. The van der Waals surface area contributed by atoms with Crippen molar-refractivity contribution < 1.29 is 32.7 Å². The van der Waals surface area contributed by atoms with E-state index in [1.165, 1.54) is 18.2 Å². The van der Waals surface area contributed by atoms with Gasteiger partial charge in [0.1, 0.15) is 10.6 Å². The lowest BCUT2D eigenvalue weighted by Gasteiger charge is -2.09. The molecule has 0 saturated carbocycles. The summed E-state index contributed by atoms with van der Waals surface area (Å²) in [6.07, 6.45) is 0. The van der Waals surface area contributed by atoms with Gasteiger partial charge in [-0.15, -0.1) is 19.7 Å². The third-order valence-electron chi connectivity index (χ3n) is 4.22. The zero-order valence-corrected chi connectivity index (χ0v) is 17.4. The molecule has 0 radical (unpaired) electrons. The summed E-state index contributed by atoms with van der Waals surface area (Å²) in [6, 6.07) is 14.7. The average Bonchev–Trinajstić information content (AvgIpc) is 3.25. The number of hydrogen-bond acceptors (Lipinski definition) is 11. The SMILES string of the molecule is O=S(=O)(O)c1cc2cc(SOOO)ccc2c(N=Nc2n[nH]c(-c3ccccc3)n2)c1O. The maximum Gasteiger partial charge on any atom is 0.298 e. The first-order valence-corrected chi connectivity index (χ1v) is 10.9. The predicted molar refractivity (Wildman–Crippen MR) is 112 cm³/mol. The van der Waals surface area contributed by atoms with Crippen LogP contribution in [0.15, 0.2) is 74.6 Å². The van der Waals surface area contributed by atoms with E-state index >= 15 is 0 Å². The molecule has 0 atom stereocenters. The molecule has 0 spiro atoms. The lowest BCUT2D eigenvalue weighted by atomic mass is 10.1. The highest BCUT2D eigenvalue weighted by Crippen LogP contribution is 2.42. The van der Waals surface area contributed by atoms with Crippen molar-refractivity contribution in [1.29, 1.82) is 0 Å². The van der Waals surface area contributed by atoms with Crippen LogP contribution in [-0.2, 0) is 19.5 Å². The lowest BCUT2D eigenvalue weighted by Crippen LogP contribution is -1.99. The summed E-state index contributed by atoms with van der Waals surface area (Å²) in [5.41, 5.74) is 0.541. The van der Waals surface area contributed by atoms with E-state index in [2.05, 4.69) is 34.8 Å². The Morgan fingerprint density at radius 1 is 1.06 bits per heavy atom. The van der Waals surface area contributed by atoms with E-state index in [9.17, 15) is 18.1 Å². The second kappa shape index (κ2) is 8.99. The van der Waals surface area contributed by atoms with Crippen LogP contribution in [0.3, 0.4) is 0 Å². The predicted octanol–water partition coefficient (Wildman–Crippen LogP) is 4.42. The molecule has 3 aromatic carbocycles. The number of benzene rings is 3. The fourth-order valence-electron chi connectivity index (χ4n) is 2.85. The zero-order valence-electron chi connectivity index (χ0n) is 15.8. The van der Waals surface area contributed by atoms with Gasteiger partial charge in [-0.2, -0.15) is 13.4 Å². The average molecular weight is 475 g/mol. The number of phenolic OH excluding ortho intramolecular Hbond substituents is 1. The topological polar surface area (TPSA) is 180 Å². The molecule has 0 aliphatic rings. The van der Waals surface area contributed by atoms with E-state index in [1.54, 1.807) is 0 Å². The van der Waals surface area contributed by atoms with Crippen molar-refractivity contribution in [3.05, 3.63) is 54.6 Å². The molecule has 0 aliphatic heterocycles. The molecule has 0 bridgehead atoms. The van der Waals surface area contributed by atoms with Crippen LogP contribution in [0, 0.1) is 0 Å². The summed E-state index contributed by atoms with van der Waals surface area (Å²) in [5.74, 6) is -0.416. The number of aromatic hydroxyl groups is 1. The highest BCUT2D eigenvalue weighted by atomic mass is 32.2. The van der Waals surface area contributed by atoms with Gasteiger partial charge in [-0.1, -0.05) is 41.4 Å². The number of nitrogens with one attached hydrogen (secondary N) is 1. The molecule has 164 valence electrons. The van der Waals surface area contributed by atoms with Crippen LogP contribution in [0.25, 0.3) is 22.2 Å². The molecule has 0 fully saturated rings. The Kier molecular flexibility index (Phi) is 6.13. The van der Waals surface area contributed by atoms with Crippen LogP contribution >= 0.6 is 12.0 Å². The largest absolute Gasteiger partial charge is 0.504 e. The van der Waals surface area contributed by atoms with Gasteiger partial charge in [-0.3, -0.25) is 9.65 Å². The molecule has 0 saturated heterocycles. The number of azo groups is 1. The number of phenols is 1. The van der Waals surface area contributed by atoms with Crippen LogP contribution < -0.4 is 0 Å². The normalized spacial score (nSPS) is 12.1. The molecule has 1 heterocycles. The summed E-state index contributed by atoms with van der Waals surface area (Å²) in [6.45, 7) is 0. The number of hydrogen-bond donors (Lipinski definition) is 4. The third-order valence-corrected chi connectivity index (χ3v) is 5.66. The monoisotopic (exact) mass is 475 g/mol. The molecule has 12 nitrogen and oxygen atoms in total. The van der Waals surface area contributed by atoms with Gasteiger partial charge in [-0.25, -0.2) is 5.26 Å². The number of fused-ring (bicyclic) bond motifs is 1. The summed E-state index contributed by atoms with van der Waals surface area (Å²) in [5, 5.41) is 37.3. The minimum absolute atomic E-state index is 0.0608. The third kappa shape index (κ3) is 4.59. The van der Waals surface area contributed by atoms with Crippen molar-refractivity contribution in [3.63, 3.8) is 0 Å². The van der Waals surface area contributed by atoms with Crippen molar-refractivity contribution in [2.45, 2.75) is 9.79 Å². The molecule has 0 unspecified atom stereocenters. The molecule has 14 heteroatoms. The molecule has 4 N–H and O–H groups in total. The van der Waals surface area contributed by atoms with E-state index < -0.39 is 20.8 Å². The van der Waals surface area contributed by atoms with E-state index in [0.29, 0.717) is 28.1 Å². The van der Waals surface area contributed by atoms with Gasteiger partial charge in [0.15, 0.2) is 11.6 Å². The van der Waals surface area contributed by atoms with E-state index in [1.807, 2.05) is 30.3 Å². The van der Waals surface area contributed by atoms with Crippen molar-refractivity contribution in [2.75, 3.05) is 0 Å². The maximum atomic E-state index is 11.8. The second-order valence-corrected chi connectivity index (χ2v) is 8.37. The minimum Gasteiger partial charge on any atom is -0.504 e. The fourth-order valence-corrected chi connectivity index (χ4v) is 3.88. The van der Waals surface area contributed by atoms with E-state index in [4.69, 9.17) is 5.26 Å². The molecular weight excluding hydrogens is 462 g/mol. The van der Waals surface area contributed by atoms with Gasteiger partial charge in [0.05, 0.1) is 12.0 Å². The van der Waals surface area contributed by atoms with E-state index in [-0.39, 0.29) is 17.0 Å². The van der Waals surface area contributed by atoms with Crippen molar-refractivity contribution >= 4 is 44.6 Å². The van der Waals surface area contributed by atoms with Crippen molar-refractivity contribution in [2.24, 2.45) is 10.2 Å². The summed E-state index contributed by atoms with van der Waals surface area (Å²) in [7, 11) is -4.78. The quantitative estimate of drug-likeness (QED) is 0.0982. The van der Waals surface area contributed by atoms with Crippen LogP contribution in [0.2, 0.25) is 0 Å². The number of H-pyrrole nitrogens is 1. The van der Waals surface area contributed by atoms with Crippen LogP contribution in [0.4, 0.5) is 11.6 Å². The van der Waals surface area contributed by atoms with Gasteiger partial charge >= 0.3 is 0 Å². The van der Waals surface area contributed by atoms with Gasteiger partial charge in [-0.05, 0) is 23.6 Å². The minimum atomic E-state index is -4.78. The molecule has 4 rings (SSSR count). The number of aromatic nitrogens is 3. The van der Waals surface area contributed by atoms with Gasteiger partial charge in [0.25, 0.3) is 16.1 Å². The molecule has 0 amide bonds.